The molecule has 0 bridgehead atoms. The molecule has 2 aromatic rings. The summed E-state index contributed by atoms with van der Waals surface area (Å²) in [6, 6.07) is 7.92. The third-order valence-corrected chi connectivity index (χ3v) is 2.18. The van der Waals surface area contributed by atoms with Gasteiger partial charge in [-0.3, -0.25) is 0 Å². The number of nitriles is 1. The quantitative estimate of drug-likeness (QED) is 0.517. The van der Waals surface area contributed by atoms with Crippen LogP contribution in [-0.4, -0.2) is 4.98 Å². The fourth-order valence-electron chi connectivity index (χ4n) is 0.890. The molecule has 66 valence electrons. The lowest BCUT2D eigenvalue weighted by molar-refractivity contribution is 1.50. The standard InChI is InChI=1S/C7H6N2S.CHNS/c8-7-9-5-3-1-2-4-6(5)10-7;2-1-3/h1-4H,(H2,8,9);3H. The molecule has 1 heterocycles. The van der Waals surface area contributed by atoms with Crippen molar-refractivity contribution < 1.29 is 0 Å². The zero-order valence-electron chi connectivity index (χ0n) is 6.64. The van der Waals surface area contributed by atoms with Crippen LogP contribution in [0.3, 0.4) is 0 Å². The molecule has 0 aliphatic carbocycles. The van der Waals surface area contributed by atoms with Crippen molar-refractivity contribution in [1.29, 1.82) is 5.26 Å². The van der Waals surface area contributed by atoms with E-state index in [1.807, 2.05) is 24.3 Å². The Hall–Kier alpha value is -1.25. The van der Waals surface area contributed by atoms with E-state index < -0.39 is 0 Å². The maximum Gasteiger partial charge on any atom is 0.181 e. The highest BCUT2D eigenvalue weighted by molar-refractivity contribution is 7.85. The van der Waals surface area contributed by atoms with Crippen molar-refractivity contribution in [1.82, 2.24) is 4.98 Å². The number of anilines is 1. The number of benzene rings is 1. The smallest absolute Gasteiger partial charge is 0.181 e. The Morgan fingerprint density at radius 3 is 2.69 bits per heavy atom. The summed E-state index contributed by atoms with van der Waals surface area (Å²) in [6.45, 7) is 0. The molecule has 0 saturated heterocycles. The van der Waals surface area contributed by atoms with Crippen molar-refractivity contribution in [3.05, 3.63) is 24.3 Å². The van der Waals surface area contributed by atoms with Crippen LogP contribution < -0.4 is 5.73 Å². The highest BCUT2D eigenvalue weighted by Crippen LogP contribution is 2.22. The van der Waals surface area contributed by atoms with Crippen LogP contribution in [0, 0.1) is 10.7 Å². The second-order valence-electron chi connectivity index (χ2n) is 2.12. The van der Waals surface area contributed by atoms with Crippen LogP contribution in [0.25, 0.3) is 10.2 Å². The zero-order chi connectivity index (χ0) is 9.68. The number of aromatic nitrogens is 1. The van der Waals surface area contributed by atoms with E-state index in [4.69, 9.17) is 11.0 Å². The molecule has 0 saturated carbocycles. The van der Waals surface area contributed by atoms with E-state index in [0.29, 0.717) is 5.13 Å². The molecule has 2 N–H and O–H groups in total. The van der Waals surface area contributed by atoms with E-state index in [1.165, 1.54) is 16.7 Å². The second kappa shape index (κ2) is 4.70. The van der Waals surface area contributed by atoms with E-state index in [0.717, 1.165) is 10.2 Å². The number of hydrogen-bond donors (Lipinski definition) is 2. The van der Waals surface area contributed by atoms with Crippen LogP contribution in [0.5, 0.6) is 0 Å². The van der Waals surface area contributed by atoms with Gasteiger partial charge in [-0.25, -0.2) is 4.98 Å². The van der Waals surface area contributed by atoms with E-state index in [-0.39, 0.29) is 0 Å². The molecule has 0 spiro atoms. The first-order chi connectivity index (χ1) is 6.27. The van der Waals surface area contributed by atoms with Crippen LogP contribution in [0.2, 0.25) is 0 Å². The number of thiol groups is 1. The van der Waals surface area contributed by atoms with Crippen LogP contribution >= 0.6 is 24.0 Å². The highest BCUT2D eigenvalue weighted by Gasteiger charge is 1.96. The first-order valence-corrected chi connectivity index (χ1v) is 4.68. The molecule has 0 amide bonds. The summed E-state index contributed by atoms with van der Waals surface area (Å²) in [5.41, 5.74) is 6.49. The predicted octanol–water partition coefficient (Wildman–Crippen LogP) is 2.28. The molecule has 1 aromatic carbocycles. The minimum absolute atomic E-state index is 0.640. The Morgan fingerprint density at radius 1 is 1.46 bits per heavy atom. The van der Waals surface area contributed by atoms with Gasteiger partial charge in [0.25, 0.3) is 0 Å². The Balaban J connectivity index is 0.000000251. The van der Waals surface area contributed by atoms with Crippen molar-refractivity contribution in [3.63, 3.8) is 0 Å². The monoisotopic (exact) mass is 209 g/mol. The van der Waals surface area contributed by atoms with Gasteiger partial charge in [0.1, 0.15) is 5.40 Å². The molecular formula is C8H7N3S2. The normalized spacial score (nSPS) is 8.62. The van der Waals surface area contributed by atoms with E-state index in [1.54, 1.807) is 0 Å². The summed E-state index contributed by atoms with van der Waals surface area (Å²) in [5.74, 6) is 0. The first-order valence-electron chi connectivity index (χ1n) is 3.42. The third-order valence-electron chi connectivity index (χ3n) is 1.31. The van der Waals surface area contributed by atoms with E-state index in [2.05, 4.69) is 17.6 Å². The summed E-state index contributed by atoms with van der Waals surface area (Å²) >= 11 is 4.61. The van der Waals surface area contributed by atoms with Crippen molar-refractivity contribution >= 4 is 39.3 Å². The lowest BCUT2D eigenvalue weighted by Crippen LogP contribution is -1.78. The lowest BCUT2D eigenvalue weighted by atomic mass is 10.3. The van der Waals surface area contributed by atoms with Gasteiger partial charge in [-0.2, -0.15) is 5.26 Å². The van der Waals surface area contributed by atoms with Gasteiger partial charge in [0, 0.05) is 0 Å². The van der Waals surface area contributed by atoms with Crippen LogP contribution in [0.1, 0.15) is 0 Å². The van der Waals surface area contributed by atoms with Gasteiger partial charge in [-0.15, -0.1) is 0 Å². The number of nitrogen functional groups attached to an aromatic ring is 1. The molecule has 13 heavy (non-hydrogen) atoms. The molecular weight excluding hydrogens is 202 g/mol. The second-order valence-corrected chi connectivity index (χ2v) is 3.38. The topological polar surface area (TPSA) is 62.7 Å². The molecule has 5 heteroatoms. The molecule has 2 rings (SSSR count). The third kappa shape index (κ3) is 2.61. The van der Waals surface area contributed by atoms with Gasteiger partial charge in [0.05, 0.1) is 10.2 Å². The SMILES string of the molecule is N#CS.Nc1nc2ccccc2s1. The Bertz CT molecular complexity index is 397. The highest BCUT2D eigenvalue weighted by atomic mass is 32.1. The van der Waals surface area contributed by atoms with Gasteiger partial charge in [0.2, 0.25) is 0 Å². The molecule has 0 atom stereocenters. The Labute approximate surface area is 85.2 Å². The zero-order valence-corrected chi connectivity index (χ0v) is 8.35. The Morgan fingerprint density at radius 2 is 2.08 bits per heavy atom. The average Bonchev–Trinajstić information content (AvgIpc) is 2.45. The number of rotatable bonds is 0. The van der Waals surface area contributed by atoms with E-state index >= 15 is 0 Å². The van der Waals surface area contributed by atoms with Gasteiger partial charge in [0.15, 0.2) is 5.13 Å². The summed E-state index contributed by atoms with van der Waals surface area (Å²) < 4.78 is 1.15. The maximum absolute atomic E-state index is 7.18. The number of thiazole rings is 1. The van der Waals surface area contributed by atoms with Gasteiger partial charge >= 0.3 is 0 Å². The molecule has 0 radical (unpaired) electrons. The Kier molecular flexibility index (Phi) is 3.55. The largest absolute Gasteiger partial charge is 0.375 e. The molecule has 0 unspecified atom stereocenters. The van der Waals surface area contributed by atoms with Gasteiger partial charge in [-0.05, 0) is 12.1 Å². The van der Waals surface area contributed by atoms with Crippen molar-refractivity contribution in [2.45, 2.75) is 0 Å². The van der Waals surface area contributed by atoms with Crippen LogP contribution in [0.4, 0.5) is 5.13 Å². The van der Waals surface area contributed by atoms with E-state index in [9.17, 15) is 0 Å². The van der Waals surface area contributed by atoms with Crippen LogP contribution in [0.15, 0.2) is 24.3 Å². The fourth-order valence-corrected chi connectivity index (χ4v) is 1.62. The van der Waals surface area contributed by atoms with Crippen molar-refractivity contribution in [3.8, 4) is 5.40 Å². The number of nitrogens with zero attached hydrogens (tertiary/aromatic N) is 2. The number of para-hydroxylation sites is 1. The number of fused-ring (bicyclic) bond motifs is 1. The minimum Gasteiger partial charge on any atom is -0.375 e. The molecule has 3 nitrogen and oxygen atoms in total. The van der Waals surface area contributed by atoms with Crippen molar-refractivity contribution in [2.24, 2.45) is 0 Å². The van der Waals surface area contributed by atoms with Crippen LogP contribution in [-0.2, 0) is 0 Å². The van der Waals surface area contributed by atoms with Crippen molar-refractivity contribution in [2.75, 3.05) is 5.73 Å². The molecule has 0 aliphatic heterocycles. The summed E-state index contributed by atoms with van der Waals surface area (Å²) in [6.07, 6.45) is 0. The van der Waals surface area contributed by atoms with Gasteiger partial charge < -0.3 is 5.73 Å². The summed E-state index contributed by atoms with van der Waals surface area (Å²) in [5, 5.41) is 9.27. The number of nitrogens with two attached hydrogens (primary N) is 1. The molecule has 0 fully saturated rings. The summed E-state index contributed by atoms with van der Waals surface area (Å²) in [7, 11) is 0. The average molecular weight is 209 g/mol. The maximum atomic E-state index is 7.18. The number of hydrogen-bond acceptors (Lipinski definition) is 5. The lowest BCUT2D eigenvalue weighted by Gasteiger charge is -1.80. The van der Waals surface area contributed by atoms with Gasteiger partial charge in [-0.1, -0.05) is 36.1 Å². The molecule has 1 aromatic heterocycles. The fraction of sp³-hybridized carbons (Fsp3) is 0. The summed E-state index contributed by atoms with van der Waals surface area (Å²) in [4.78, 5) is 4.11. The molecule has 0 aliphatic rings. The number of thiocyanates is 1. The predicted molar refractivity (Wildman–Crippen MR) is 58.6 cm³/mol. The first kappa shape index (κ1) is 9.84. The minimum atomic E-state index is 0.640.